The van der Waals surface area contributed by atoms with Crippen LogP contribution in [-0.4, -0.2) is 48.6 Å². The minimum Gasteiger partial charge on any atom is -0.369 e. The standard InChI is InChI=1S/C21H25ClN4.ClH/c22-17-4-3-5-19(13-17)26-10-8-25(9-11-26)15-18(23)12-16-14-24-21-7-2-1-6-20(16)21;/h1-7,13-14,18,24H,8-12,15,23H2;1H/t18-;/m0./s1. The third kappa shape index (κ3) is 4.77. The Hall–Kier alpha value is -1.72. The van der Waals surface area contributed by atoms with Crippen LogP contribution in [0.25, 0.3) is 10.9 Å². The van der Waals surface area contributed by atoms with Gasteiger partial charge in [0, 0.05) is 66.6 Å². The van der Waals surface area contributed by atoms with E-state index in [-0.39, 0.29) is 18.4 Å². The summed E-state index contributed by atoms with van der Waals surface area (Å²) in [6, 6.07) is 16.7. The number of piperazine rings is 1. The second-order valence-corrected chi connectivity index (χ2v) is 7.53. The molecule has 0 bridgehead atoms. The van der Waals surface area contributed by atoms with Crippen LogP contribution in [0.2, 0.25) is 5.02 Å². The van der Waals surface area contributed by atoms with E-state index in [1.807, 2.05) is 18.2 Å². The molecule has 0 radical (unpaired) electrons. The van der Waals surface area contributed by atoms with Crippen LogP contribution in [0.5, 0.6) is 0 Å². The molecule has 1 atom stereocenters. The number of para-hydroxylation sites is 1. The molecule has 2 aromatic carbocycles. The molecule has 144 valence electrons. The summed E-state index contributed by atoms with van der Waals surface area (Å²) in [6.45, 7) is 5.03. The Morgan fingerprint density at radius 2 is 1.81 bits per heavy atom. The van der Waals surface area contributed by atoms with Gasteiger partial charge in [0.05, 0.1) is 0 Å². The highest BCUT2D eigenvalue weighted by Gasteiger charge is 2.19. The van der Waals surface area contributed by atoms with Crippen molar-refractivity contribution in [3.8, 4) is 0 Å². The van der Waals surface area contributed by atoms with Crippen molar-refractivity contribution in [2.45, 2.75) is 12.5 Å². The molecule has 4 rings (SSSR count). The fraction of sp³-hybridized carbons (Fsp3) is 0.333. The zero-order valence-corrected chi connectivity index (χ0v) is 16.8. The first kappa shape index (κ1) is 20.0. The largest absolute Gasteiger partial charge is 0.369 e. The number of halogens is 2. The molecule has 1 aliphatic heterocycles. The SMILES string of the molecule is Cl.N[C@@H](Cc1c[nH]c2ccccc12)CN1CCN(c2cccc(Cl)c2)CC1. The molecule has 2 heterocycles. The number of anilines is 1. The lowest BCUT2D eigenvalue weighted by Crippen LogP contribution is -2.50. The summed E-state index contributed by atoms with van der Waals surface area (Å²) in [6.07, 6.45) is 3.00. The Balaban J connectivity index is 0.00000210. The Labute approximate surface area is 171 Å². The van der Waals surface area contributed by atoms with Crippen molar-refractivity contribution in [2.75, 3.05) is 37.6 Å². The number of aromatic amines is 1. The van der Waals surface area contributed by atoms with Crippen LogP contribution in [-0.2, 0) is 6.42 Å². The average Bonchev–Trinajstić information content (AvgIpc) is 3.05. The molecule has 1 aromatic heterocycles. The number of rotatable bonds is 5. The van der Waals surface area contributed by atoms with Crippen molar-refractivity contribution >= 4 is 40.6 Å². The average molecular weight is 405 g/mol. The molecule has 4 nitrogen and oxygen atoms in total. The second-order valence-electron chi connectivity index (χ2n) is 7.09. The summed E-state index contributed by atoms with van der Waals surface area (Å²) < 4.78 is 0. The quantitative estimate of drug-likeness (QED) is 0.676. The third-order valence-corrected chi connectivity index (χ3v) is 5.43. The lowest BCUT2D eigenvalue weighted by molar-refractivity contribution is 0.242. The van der Waals surface area contributed by atoms with Crippen molar-refractivity contribution in [2.24, 2.45) is 5.73 Å². The molecular weight excluding hydrogens is 379 g/mol. The minimum atomic E-state index is 0. The Bertz CT molecular complexity index is 871. The van der Waals surface area contributed by atoms with E-state index in [1.54, 1.807) is 0 Å². The Morgan fingerprint density at radius 3 is 2.59 bits per heavy atom. The van der Waals surface area contributed by atoms with Crippen molar-refractivity contribution in [1.29, 1.82) is 0 Å². The van der Waals surface area contributed by atoms with Crippen molar-refractivity contribution in [3.63, 3.8) is 0 Å². The van der Waals surface area contributed by atoms with Crippen LogP contribution in [0, 0.1) is 0 Å². The van der Waals surface area contributed by atoms with Crippen LogP contribution >= 0.6 is 24.0 Å². The number of nitrogens with zero attached hydrogens (tertiary/aromatic N) is 2. The monoisotopic (exact) mass is 404 g/mol. The zero-order chi connectivity index (χ0) is 17.9. The molecule has 6 heteroatoms. The van der Waals surface area contributed by atoms with E-state index >= 15 is 0 Å². The van der Waals surface area contributed by atoms with Gasteiger partial charge in [0.15, 0.2) is 0 Å². The van der Waals surface area contributed by atoms with Gasteiger partial charge >= 0.3 is 0 Å². The van der Waals surface area contributed by atoms with Crippen LogP contribution in [0.4, 0.5) is 5.69 Å². The van der Waals surface area contributed by atoms with Gasteiger partial charge in [-0.3, -0.25) is 4.90 Å². The Morgan fingerprint density at radius 1 is 1.04 bits per heavy atom. The first-order chi connectivity index (χ1) is 12.7. The number of aromatic nitrogens is 1. The number of nitrogens with two attached hydrogens (primary N) is 1. The van der Waals surface area contributed by atoms with Gasteiger partial charge in [0.2, 0.25) is 0 Å². The van der Waals surface area contributed by atoms with Crippen molar-refractivity contribution in [1.82, 2.24) is 9.88 Å². The number of benzene rings is 2. The summed E-state index contributed by atoms with van der Waals surface area (Å²) in [5.74, 6) is 0. The number of nitrogens with one attached hydrogen (secondary N) is 1. The van der Waals surface area contributed by atoms with Gasteiger partial charge in [-0.25, -0.2) is 0 Å². The third-order valence-electron chi connectivity index (χ3n) is 5.20. The van der Waals surface area contributed by atoms with Gasteiger partial charge in [-0.05, 0) is 36.2 Å². The summed E-state index contributed by atoms with van der Waals surface area (Å²) in [5, 5.41) is 2.08. The van der Waals surface area contributed by atoms with Gasteiger partial charge in [-0.2, -0.15) is 0 Å². The molecule has 1 aliphatic rings. The van der Waals surface area contributed by atoms with Crippen molar-refractivity contribution in [3.05, 3.63) is 65.3 Å². The van der Waals surface area contributed by atoms with E-state index in [2.05, 4.69) is 51.3 Å². The molecule has 3 N–H and O–H groups in total. The maximum Gasteiger partial charge on any atom is 0.0456 e. The second kappa shape index (κ2) is 8.98. The molecular formula is C21H26Cl2N4. The lowest BCUT2D eigenvalue weighted by atomic mass is 10.0. The molecule has 1 saturated heterocycles. The van der Waals surface area contributed by atoms with Gasteiger partial charge in [-0.1, -0.05) is 35.9 Å². The fourth-order valence-electron chi connectivity index (χ4n) is 3.84. The van der Waals surface area contributed by atoms with Gasteiger partial charge in [0.1, 0.15) is 0 Å². The van der Waals surface area contributed by atoms with Crippen LogP contribution in [0.3, 0.4) is 0 Å². The fourth-order valence-corrected chi connectivity index (χ4v) is 4.03. The van der Waals surface area contributed by atoms with E-state index < -0.39 is 0 Å². The Kier molecular flexibility index (Phi) is 6.66. The first-order valence-corrected chi connectivity index (χ1v) is 9.60. The molecule has 0 saturated carbocycles. The van der Waals surface area contributed by atoms with E-state index in [0.717, 1.165) is 44.2 Å². The lowest BCUT2D eigenvalue weighted by Gasteiger charge is -2.37. The van der Waals surface area contributed by atoms with E-state index in [4.69, 9.17) is 17.3 Å². The highest BCUT2D eigenvalue weighted by atomic mass is 35.5. The molecule has 27 heavy (non-hydrogen) atoms. The summed E-state index contributed by atoms with van der Waals surface area (Å²) in [5.41, 5.74) is 10.2. The van der Waals surface area contributed by atoms with E-state index in [9.17, 15) is 0 Å². The van der Waals surface area contributed by atoms with Gasteiger partial charge in [0.25, 0.3) is 0 Å². The summed E-state index contributed by atoms with van der Waals surface area (Å²) in [7, 11) is 0. The molecule has 3 aromatic rings. The summed E-state index contributed by atoms with van der Waals surface area (Å²) >= 11 is 6.11. The predicted molar refractivity (Wildman–Crippen MR) is 117 cm³/mol. The normalized spacial score (nSPS) is 16.3. The maximum atomic E-state index is 6.47. The molecule has 0 spiro atoms. The molecule has 0 unspecified atom stereocenters. The minimum absolute atomic E-state index is 0. The van der Waals surface area contributed by atoms with Gasteiger partial charge < -0.3 is 15.6 Å². The molecule has 0 amide bonds. The van der Waals surface area contributed by atoms with Gasteiger partial charge in [-0.15, -0.1) is 12.4 Å². The van der Waals surface area contributed by atoms with Crippen molar-refractivity contribution < 1.29 is 0 Å². The van der Waals surface area contributed by atoms with E-state index in [1.165, 1.54) is 22.2 Å². The number of H-pyrrole nitrogens is 1. The summed E-state index contributed by atoms with van der Waals surface area (Å²) in [4.78, 5) is 8.21. The predicted octanol–water partition coefficient (Wildman–Crippen LogP) is 3.94. The smallest absolute Gasteiger partial charge is 0.0456 e. The molecule has 0 aliphatic carbocycles. The number of hydrogen-bond donors (Lipinski definition) is 2. The van der Waals surface area contributed by atoms with Crippen LogP contribution < -0.4 is 10.6 Å². The number of hydrogen-bond acceptors (Lipinski definition) is 3. The highest BCUT2D eigenvalue weighted by molar-refractivity contribution is 6.30. The topological polar surface area (TPSA) is 48.3 Å². The zero-order valence-electron chi connectivity index (χ0n) is 15.3. The highest BCUT2D eigenvalue weighted by Crippen LogP contribution is 2.21. The van der Waals surface area contributed by atoms with Crippen LogP contribution in [0.15, 0.2) is 54.7 Å². The first-order valence-electron chi connectivity index (χ1n) is 9.22. The number of fused-ring (bicyclic) bond motifs is 1. The van der Waals surface area contributed by atoms with Crippen LogP contribution in [0.1, 0.15) is 5.56 Å². The molecule has 1 fully saturated rings. The maximum absolute atomic E-state index is 6.47. The van der Waals surface area contributed by atoms with E-state index in [0.29, 0.717) is 0 Å².